The number of carboxylic acid groups (broad SMARTS) is 1. The van der Waals surface area contributed by atoms with Gasteiger partial charge in [-0.1, -0.05) is 0 Å². The summed E-state index contributed by atoms with van der Waals surface area (Å²) in [6.45, 7) is 0. The Morgan fingerprint density at radius 2 is 2.00 bits per heavy atom. The number of alkyl halides is 3. The number of benzene rings is 1. The van der Waals surface area contributed by atoms with E-state index < -0.39 is 34.1 Å². The fourth-order valence-corrected chi connectivity index (χ4v) is 1.81. The molecule has 0 fully saturated rings. The second-order valence-corrected chi connectivity index (χ2v) is 4.12. The van der Waals surface area contributed by atoms with Crippen molar-refractivity contribution < 1.29 is 28.0 Å². The van der Waals surface area contributed by atoms with Gasteiger partial charge in [0.25, 0.3) is 5.69 Å². The lowest BCUT2D eigenvalue weighted by molar-refractivity contribution is -0.388. The summed E-state index contributed by atoms with van der Waals surface area (Å²) in [5, 5.41) is 20.8. The van der Waals surface area contributed by atoms with E-state index in [1.807, 2.05) is 0 Å². The summed E-state index contributed by atoms with van der Waals surface area (Å²) in [4.78, 5) is 19.7. The van der Waals surface area contributed by atoms with Crippen molar-refractivity contribution in [3.05, 3.63) is 33.9 Å². The number of hydrogen-bond donors (Lipinski definition) is 0. The van der Waals surface area contributed by atoms with Crippen molar-refractivity contribution in [2.24, 2.45) is 0 Å². The molecule has 9 heteroatoms. The van der Waals surface area contributed by atoms with E-state index in [1.54, 1.807) is 0 Å². The normalized spacial score (nSPS) is 11.3. The second kappa shape index (κ2) is 5.25. The molecule has 0 aliphatic rings. The molecule has 0 N–H and O–H groups in total. The minimum absolute atomic E-state index is 0.155. The molecule has 0 amide bonds. The van der Waals surface area contributed by atoms with Crippen LogP contribution in [0.1, 0.15) is 5.56 Å². The van der Waals surface area contributed by atoms with Crippen molar-refractivity contribution >= 4 is 23.4 Å². The zero-order chi connectivity index (χ0) is 13.9. The molecule has 5 nitrogen and oxygen atoms in total. The van der Waals surface area contributed by atoms with E-state index in [1.165, 1.54) is 0 Å². The summed E-state index contributed by atoms with van der Waals surface area (Å²) in [5.74, 6) is -2.04. The van der Waals surface area contributed by atoms with Crippen LogP contribution in [0.5, 0.6) is 0 Å². The van der Waals surface area contributed by atoms with Crippen LogP contribution in [0.25, 0.3) is 0 Å². The lowest BCUT2D eigenvalue weighted by atomic mass is 10.2. The van der Waals surface area contributed by atoms with Gasteiger partial charge in [0.05, 0.1) is 21.4 Å². The standard InChI is InChI=1S/C9H6F3NO4S/c10-9(11,12)5-1-2-7(18-4-8(14)15)6(3-5)13(16)17/h1-3H,4H2,(H,14,15)/p-1. The number of hydrogen-bond acceptors (Lipinski definition) is 5. The van der Waals surface area contributed by atoms with Gasteiger partial charge in [-0.25, -0.2) is 0 Å². The maximum Gasteiger partial charge on any atom is 0.416 e. The minimum Gasteiger partial charge on any atom is -0.549 e. The third-order valence-electron chi connectivity index (χ3n) is 1.83. The van der Waals surface area contributed by atoms with Crippen LogP contribution >= 0.6 is 11.8 Å². The van der Waals surface area contributed by atoms with Crippen LogP contribution < -0.4 is 5.11 Å². The molecule has 0 aliphatic heterocycles. The van der Waals surface area contributed by atoms with E-state index in [0.717, 1.165) is 6.07 Å². The molecule has 98 valence electrons. The predicted octanol–water partition coefficient (Wildman–Crippen LogP) is 1.46. The Balaban J connectivity index is 3.13. The molecule has 0 radical (unpaired) electrons. The number of aliphatic carboxylic acids is 1. The van der Waals surface area contributed by atoms with Gasteiger partial charge >= 0.3 is 6.18 Å². The minimum atomic E-state index is -4.69. The molecule has 0 bridgehead atoms. The quantitative estimate of drug-likeness (QED) is 0.473. The van der Waals surface area contributed by atoms with E-state index in [4.69, 9.17) is 0 Å². The first-order valence-electron chi connectivity index (χ1n) is 4.40. The van der Waals surface area contributed by atoms with Crippen molar-refractivity contribution in [1.29, 1.82) is 0 Å². The van der Waals surface area contributed by atoms with E-state index >= 15 is 0 Å². The van der Waals surface area contributed by atoms with E-state index in [2.05, 4.69) is 0 Å². The summed E-state index contributed by atoms with van der Waals surface area (Å²) in [6, 6.07) is 1.90. The number of carbonyl (C=O) groups excluding carboxylic acids is 1. The van der Waals surface area contributed by atoms with Crippen LogP contribution in [0.15, 0.2) is 23.1 Å². The highest BCUT2D eigenvalue weighted by molar-refractivity contribution is 8.00. The third-order valence-corrected chi connectivity index (χ3v) is 2.86. The Morgan fingerprint density at radius 1 is 1.39 bits per heavy atom. The molecule has 0 heterocycles. The van der Waals surface area contributed by atoms with Crippen molar-refractivity contribution in [3.63, 3.8) is 0 Å². The summed E-state index contributed by atoms with van der Waals surface area (Å²) >= 11 is 0.532. The molecule has 0 atom stereocenters. The number of rotatable bonds is 4. The Hall–Kier alpha value is -1.77. The van der Waals surface area contributed by atoms with Gasteiger partial charge < -0.3 is 9.90 Å². The van der Waals surface area contributed by atoms with Gasteiger partial charge in [0.15, 0.2) is 0 Å². The lowest BCUT2D eigenvalue weighted by Gasteiger charge is -2.08. The van der Waals surface area contributed by atoms with Crippen LogP contribution in [-0.4, -0.2) is 16.6 Å². The highest BCUT2D eigenvalue weighted by Gasteiger charge is 2.32. The van der Waals surface area contributed by atoms with Crippen LogP contribution in [0.2, 0.25) is 0 Å². The number of carbonyl (C=O) groups is 1. The van der Waals surface area contributed by atoms with Gasteiger partial charge in [-0.2, -0.15) is 13.2 Å². The van der Waals surface area contributed by atoms with Crippen molar-refractivity contribution in [1.82, 2.24) is 0 Å². The number of nitrogens with zero attached hydrogens (tertiary/aromatic N) is 1. The van der Waals surface area contributed by atoms with Crippen molar-refractivity contribution in [2.45, 2.75) is 11.1 Å². The van der Waals surface area contributed by atoms with Crippen molar-refractivity contribution in [2.75, 3.05) is 5.75 Å². The third kappa shape index (κ3) is 3.62. The van der Waals surface area contributed by atoms with Crippen LogP contribution in [-0.2, 0) is 11.0 Å². The van der Waals surface area contributed by atoms with Gasteiger partial charge in [-0.3, -0.25) is 10.1 Å². The molecule has 1 rings (SSSR count). The molecular formula is C9H5F3NO4S-. The first-order chi connectivity index (χ1) is 8.21. The molecule has 0 aromatic heterocycles. The Bertz CT molecular complexity index is 489. The SMILES string of the molecule is O=C([O-])CSc1ccc(C(F)(F)F)cc1[N+](=O)[O-]. The largest absolute Gasteiger partial charge is 0.549 e. The van der Waals surface area contributed by atoms with Gasteiger partial charge in [-0.05, 0) is 12.1 Å². The molecule has 0 saturated heterocycles. The maximum atomic E-state index is 12.3. The highest BCUT2D eigenvalue weighted by atomic mass is 32.2. The topological polar surface area (TPSA) is 83.3 Å². The number of thioether (sulfide) groups is 1. The fourth-order valence-electron chi connectivity index (χ4n) is 1.10. The molecule has 0 aliphatic carbocycles. The Morgan fingerprint density at radius 3 is 2.44 bits per heavy atom. The summed E-state index contributed by atoms with van der Waals surface area (Å²) in [5.41, 5.74) is -1.94. The van der Waals surface area contributed by atoms with E-state index in [-0.39, 0.29) is 4.90 Å². The monoisotopic (exact) mass is 280 g/mol. The molecule has 1 aromatic rings. The van der Waals surface area contributed by atoms with Crippen LogP contribution in [0, 0.1) is 10.1 Å². The average Bonchev–Trinajstić information content (AvgIpc) is 2.24. The molecule has 0 saturated carbocycles. The molecule has 18 heavy (non-hydrogen) atoms. The van der Waals surface area contributed by atoms with Gasteiger partial charge in [-0.15, -0.1) is 11.8 Å². The fraction of sp³-hybridized carbons (Fsp3) is 0.222. The number of halogens is 3. The summed E-state index contributed by atoms with van der Waals surface area (Å²) in [7, 11) is 0. The van der Waals surface area contributed by atoms with Gasteiger partial charge in [0.2, 0.25) is 0 Å². The predicted molar refractivity (Wildman–Crippen MR) is 53.8 cm³/mol. The lowest BCUT2D eigenvalue weighted by Crippen LogP contribution is -2.24. The smallest absolute Gasteiger partial charge is 0.416 e. The average molecular weight is 280 g/mol. The molecule has 1 aromatic carbocycles. The Labute approximate surface area is 103 Å². The van der Waals surface area contributed by atoms with Crippen molar-refractivity contribution in [3.8, 4) is 0 Å². The van der Waals surface area contributed by atoms with E-state index in [9.17, 15) is 33.2 Å². The summed E-state index contributed by atoms with van der Waals surface area (Å²) in [6.07, 6.45) is -4.69. The van der Waals surface area contributed by atoms with E-state index in [0.29, 0.717) is 23.9 Å². The second-order valence-electron chi connectivity index (χ2n) is 3.10. The highest BCUT2D eigenvalue weighted by Crippen LogP contribution is 2.36. The van der Waals surface area contributed by atoms with Gasteiger partial charge in [0.1, 0.15) is 0 Å². The molecule has 0 unspecified atom stereocenters. The van der Waals surface area contributed by atoms with Crippen LogP contribution in [0.4, 0.5) is 18.9 Å². The summed E-state index contributed by atoms with van der Waals surface area (Å²) < 4.78 is 37.0. The zero-order valence-corrected chi connectivity index (χ0v) is 9.38. The number of nitro benzene ring substituents is 1. The molecular weight excluding hydrogens is 275 g/mol. The van der Waals surface area contributed by atoms with Crippen LogP contribution in [0.3, 0.4) is 0 Å². The number of nitro groups is 1. The maximum absolute atomic E-state index is 12.3. The molecule has 0 spiro atoms. The zero-order valence-electron chi connectivity index (χ0n) is 8.56. The van der Waals surface area contributed by atoms with Gasteiger partial charge in [0, 0.05) is 11.8 Å². The Kier molecular flexibility index (Phi) is 4.17. The number of carboxylic acids is 1. The first-order valence-corrected chi connectivity index (χ1v) is 5.38. The first kappa shape index (κ1) is 14.3.